The van der Waals surface area contributed by atoms with E-state index in [1.54, 1.807) is 0 Å². The molecule has 0 aliphatic heterocycles. The lowest BCUT2D eigenvalue weighted by molar-refractivity contribution is -0.189. The topological polar surface area (TPSA) is 9.23 Å². The quantitative estimate of drug-likeness (QED) is 0.179. The van der Waals surface area contributed by atoms with Crippen molar-refractivity contribution in [2.45, 2.75) is 76.5 Å². The van der Waals surface area contributed by atoms with Gasteiger partial charge in [0.05, 0.1) is 0 Å². The van der Waals surface area contributed by atoms with Gasteiger partial charge in [-0.2, -0.15) is 22.0 Å². The number of rotatable bonds is 9. The fourth-order valence-electron chi connectivity index (χ4n) is 5.56. The van der Waals surface area contributed by atoms with E-state index in [9.17, 15) is 22.0 Å². The van der Waals surface area contributed by atoms with Gasteiger partial charge in [-0.25, -0.2) is 17.6 Å². The molecular weight excluding hydrogens is 559 g/mol. The molecule has 0 atom stereocenters. The first kappa shape index (κ1) is 30.8. The van der Waals surface area contributed by atoms with Crippen LogP contribution in [0.4, 0.5) is 39.5 Å². The molecule has 0 N–H and O–H groups in total. The van der Waals surface area contributed by atoms with Crippen LogP contribution in [0.5, 0.6) is 5.75 Å². The number of ether oxygens (including phenoxy) is 1. The average molecular weight is 589 g/mol. The summed E-state index contributed by atoms with van der Waals surface area (Å²) < 4.78 is 132. The van der Waals surface area contributed by atoms with E-state index in [4.69, 9.17) is 0 Å². The molecule has 222 valence electrons. The second-order valence-electron chi connectivity index (χ2n) is 10.5. The third-order valence-electron chi connectivity index (χ3n) is 7.65. The van der Waals surface area contributed by atoms with Crippen molar-refractivity contribution in [3.63, 3.8) is 0 Å². The summed E-state index contributed by atoms with van der Waals surface area (Å²) in [7, 11) is 0. The van der Waals surface area contributed by atoms with Crippen LogP contribution in [0.3, 0.4) is 0 Å². The van der Waals surface area contributed by atoms with Crippen LogP contribution in [0.1, 0.15) is 80.9 Å². The number of halogens is 9. The summed E-state index contributed by atoms with van der Waals surface area (Å²) in [6.45, 7) is 2.12. The van der Waals surface area contributed by atoms with Crippen LogP contribution < -0.4 is 4.74 Å². The summed E-state index contributed by atoms with van der Waals surface area (Å²) >= 11 is 0. The Labute approximate surface area is 232 Å². The summed E-state index contributed by atoms with van der Waals surface area (Å²) in [4.78, 5) is 0. The molecule has 0 radical (unpaired) electrons. The highest BCUT2D eigenvalue weighted by atomic mass is 19.4. The third-order valence-corrected chi connectivity index (χ3v) is 7.65. The molecule has 1 nitrogen and oxygen atoms in total. The molecule has 1 fully saturated rings. The van der Waals surface area contributed by atoms with Crippen molar-refractivity contribution >= 4 is 0 Å². The summed E-state index contributed by atoms with van der Waals surface area (Å²) in [6, 6.07) is 6.89. The molecule has 0 unspecified atom stereocenters. The SMILES string of the molecule is CCCCC[C@H]1CC[C@H](c2cc(F)c(C(F)(F)Oc3ccccc3-c3cc(F)c(C(F)(F)F)c(F)c3)c(F)c2)CC1. The van der Waals surface area contributed by atoms with Crippen molar-refractivity contribution in [2.24, 2.45) is 5.92 Å². The zero-order valence-corrected chi connectivity index (χ0v) is 22.2. The van der Waals surface area contributed by atoms with Crippen molar-refractivity contribution in [1.29, 1.82) is 0 Å². The average Bonchev–Trinajstić information content (AvgIpc) is 2.87. The van der Waals surface area contributed by atoms with E-state index in [0.29, 0.717) is 30.9 Å². The van der Waals surface area contributed by atoms with Gasteiger partial charge < -0.3 is 4.74 Å². The number of para-hydroxylation sites is 1. The number of hydrogen-bond acceptors (Lipinski definition) is 1. The van der Waals surface area contributed by atoms with E-state index >= 15 is 17.6 Å². The Hall–Kier alpha value is -3.17. The highest BCUT2D eigenvalue weighted by Gasteiger charge is 2.42. The Balaban J connectivity index is 1.57. The number of benzene rings is 3. The zero-order chi connectivity index (χ0) is 29.9. The molecule has 1 saturated carbocycles. The van der Waals surface area contributed by atoms with Gasteiger partial charge in [-0.1, -0.05) is 50.8 Å². The maximum atomic E-state index is 15.2. The van der Waals surface area contributed by atoms with Crippen LogP contribution in [-0.2, 0) is 12.3 Å². The van der Waals surface area contributed by atoms with E-state index in [1.807, 2.05) is 0 Å². The Kier molecular flexibility index (Phi) is 9.29. The minimum Gasteiger partial charge on any atom is -0.428 e. The molecule has 0 spiro atoms. The van der Waals surface area contributed by atoms with Gasteiger partial charge >= 0.3 is 12.3 Å². The predicted molar refractivity (Wildman–Crippen MR) is 137 cm³/mol. The fraction of sp³-hybridized carbons (Fsp3) is 0.419. The van der Waals surface area contributed by atoms with E-state index in [1.165, 1.54) is 12.1 Å². The van der Waals surface area contributed by atoms with Gasteiger partial charge in [0.2, 0.25) is 0 Å². The molecule has 4 rings (SSSR count). The summed E-state index contributed by atoms with van der Waals surface area (Å²) in [6.07, 6.45) is -2.24. The molecular formula is C31H29F9O. The third kappa shape index (κ3) is 7.01. The van der Waals surface area contributed by atoms with Gasteiger partial charge in [0, 0.05) is 5.56 Å². The smallest absolute Gasteiger partial charge is 0.428 e. The minimum atomic E-state index is -5.33. The lowest BCUT2D eigenvalue weighted by Crippen LogP contribution is -2.26. The van der Waals surface area contributed by atoms with E-state index in [2.05, 4.69) is 11.7 Å². The van der Waals surface area contributed by atoms with E-state index in [-0.39, 0.29) is 11.5 Å². The summed E-state index contributed by atoms with van der Waals surface area (Å²) in [5.74, 6) is -7.33. The lowest BCUT2D eigenvalue weighted by atomic mass is 9.77. The number of alkyl halides is 5. The van der Waals surface area contributed by atoms with E-state index < -0.39 is 63.6 Å². The van der Waals surface area contributed by atoms with Gasteiger partial charge in [0.15, 0.2) is 0 Å². The Morgan fingerprint density at radius 3 is 1.85 bits per heavy atom. The molecule has 0 saturated heterocycles. The lowest BCUT2D eigenvalue weighted by Gasteiger charge is -2.29. The van der Waals surface area contributed by atoms with E-state index in [0.717, 1.165) is 62.8 Å². The predicted octanol–water partition coefficient (Wildman–Crippen LogP) is 10.9. The van der Waals surface area contributed by atoms with Crippen LogP contribution in [0, 0.1) is 29.2 Å². The van der Waals surface area contributed by atoms with Gasteiger partial charge in [-0.05, 0) is 79.0 Å². The first-order chi connectivity index (χ1) is 19.3. The van der Waals surface area contributed by atoms with Crippen molar-refractivity contribution < 1.29 is 44.3 Å². The standard InChI is InChI=1S/C31H29F9O/c1-2-3-4-7-18-10-12-19(13-11-18)20-14-25(34)29(26(35)15-20)31(39,40)41-27-9-6-5-8-22(27)21-16-23(32)28(24(33)17-21)30(36,37)38/h5-6,8-9,14-19H,2-4,7,10-13H2,1H3/t18-,19-. The molecule has 1 aliphatic rings. The monoisotopic (exact) mass is 588 g/mol. The highest BCUT2D eigenvalue weighted by molar-refractivity contribution is 5.71. The molecule has 41 heavy (non-hydrogen) atoms. The van der Waals surface area contributed by atoms with Crippen LogP contribution in [0.25, 0.3) is 11.1 Å². The van der Waals surface area contributed by atoms with Crippen molar-refractivity contribution in [1.82, 2.24) is 0 Å². The number of unbranched alkanes of at least 4 members (excludes halogenated alkanes) is 2. The maximum absolute atomic E-state index is 15.2. The van der Waals surface area contributed by atoms with Crippen molar-refractivity contribution in [3.8, 4) is 16.9 Å². The Bertz CT molecular complexity index is 1310. The maximum Gasteiger partial charge on any atom is 0.432 e. The van der Waals surface area contributed by atoms with Crippen molar-refractivity contribution in [2.75, 3.05) is 0 Å². The fourth-order valence-corrected chi connectivity index (χ4v) is 5.56. The molecule has 0 aromatic heterocycles. The number of hydrogen-bond donors (Lipinski definition) is 0. The van der Waals surface area contributed by atoms with Crippen LogP contribution in [0.2, 0.25) is 0 Å². The van der Waals surface area contributed by atoms with Crippen molar-refractivity contribution in [3.05, 3.63) is 88.5 Å². The second kappa shape index (κ2) is 12.4. The summed E-state index contributed by atoms with van der Waals surface area (Å²) in [5, 5.41) is 0. The van der Waals surface area contributed by atoms with Gasteiger partial charge in [-0.15, -0.1) is 0 Å². The molecule has 10 heteroatoms. The van der Waals surface area contributed by atoms with Gasteiger partial charge in [0.1, 0.15) is 40.1 Å². The Morgan fingerprint density at radius 2 is 1.29 bits per heavy atom. The van der Waals surface area contributed by atoms with Gasteiger partial charge in [-0.3, -0.25) is 0 Å². The first-order valence-corrected chi connectivity index (χ1v) is 13.5. The molecule has 0 bridgehead atoms. The Morgan fingerprint density at radius 1 is 0.732 bits per heavy atom. The molecule has 3 aromatic rings. The first-order valence-electron chi connectivity index (χ1n) is 13.5. The second-order valence-corrected chi connectivity index (χ2v) is 10.5. The van der Waals surface area contributed by atoms with Crippen LogP contribution in [0.15, 0.2) is 48.5 Å². The summed E-state index contributed by atoms with van der Waals surface area (Å²) in [5.41, 5.74) is -4.45. The van der Waals surface area contributed by atoms with Crippen LogP contribution >= 0.6 is 0 Å². The zero-order valence-electron chi connectivity index (χ0n) is 22.2. The van der Waals surface area contributed by atoms with Gasteiger partial charge in [0.25, 0.3) is 0 Å². The van der Waals surface area contributed by atoms with Crippen LogP contribution in [-0.4, -0.2) is 0 Å². The highest BCUT2D eigenvalue weighted by Crippen LogP contribution is 2.43. The molecule has 0 amide bonds. The molecule has 0 heterocycles. The largest absolute Gasteiger partial charge is 0.432 e. The molecule has 1 aliphatic carbocycles. The normalized spacial score (nSPS) is 18.0. The molecule has 3 aromatic carbocycles. The minimum absolute atomic E-state index is 0.171.